The summed E-state index contributed by atoms with van der Waals surface area (Å²) in [7, 11) is 0. The molecule has 2 rings (SSSR count). The number of nitrogens with two attached hydrogens (primary N) is 1. The maximum atomic E-state index is 12.6. The van der Waals surface area contributed by atoms with E-state index in [0.717, 1.165) is 38.6 Å². The van der Waals surface area contributed by atoms with Crippen LogP contribution in [0, 0.1) is 5.92 Å². The van der Waals surface area contributed by atoms with E-state index in [2.05, 4.69) is 0 Å². The van der Waals surface area contributed by atoms with Gasteiger partial charge in [0.05, 0.1) is 6.04 Å². The van der Waals surface area contributed by atoms with Gasteiger partial charge in [0.2, 0.25) is 11.8 Å². The Labute approximate surface area is 127 Å². The van der Waals surface area contributed by atoms with Crippen molar-refractivity contribution < 1.29 is 9.59 Å². The van der Waals surface area contributed by atoms with Gasteiger partial charge in [-0.3, -0.25) is 9.59 Å². The highest BCUT2D eigenvalue weighted by Gasteiger charge is 2.36. The number of carbonyl (C=O) groups is 2. The van der Waals surface area contributed by atoms with E-state index in [1.54, 1.807) is 6.92 Å². The minimum Gasteiger partial charge on any atom is -0.338 e. The summed E-state index contributed by atoms with van der Waals surface area (Å²) in [5.41, 5.74) is 6.04. The van der Waals surface area contributed by atoms with Gasteiger partial charge in [0.15, 0.2) is 0 Å². The quantitative estimate of drug-likeness (QED) is 0.833. The Balaban J connectivity index is 2.04. The van der Waals surface area contributed by atoms with Crippen molar-refractivity contribution in [1.29, 1.82) is 0 Å². The van der Waals surface area contributed by atoms with E-state index >= 15 is 0 Å². The second-order valence-corrected chi connectivity index (χ2v) is 6.85. The maximum Gasteiger partial charge on any atom is 0.240 e. The van der Waals surface area contributed by atoms with Crippen LogP contribution in [-0.2, 0) is 9.59 Å². The van der Waals surface area contributed by atoms with Crippen LogP contribution in [0.25, 0.3) is 0 Å². The van der Waals surface area contributed by atoms with Gasteiger partial charge in [-0.05, 0) is 38.0 Å². The molecule has 0 unspecified atom stereocenters. The van der Waals surface area contributed by atoms with Gasteiger partial charge in [0.1, 0.15) is 0 Å². The number of hydrogen-bond donors (Lipinski definition) is 1. The molecular formula is C16H29N3O2. The van der Waals surface area contributed by atoms with Crippen LogP contribution in [0.5, 0.6) is 0 Å². The molecule has 0 aromatic heterocycles. The molecule has 1 aliphatic heterocycles. The fourth-order valence-electron chi connectivity index (χ4n) is 3.11. The molecule has 2 atom stereocenters. The fourth-order valence-corrected chi connectivity index (χ4v) is 3.11. The molecule has 1 saturated heterocycles. The van der Waals surface area contributed by atoms with E-state index in [1.165, 1.54) is 0 Å². The van der Waals surface area contributed by atoms with Gasteiger partial charge in [-0.25, -0.2) is 0 Å². The number of piperidine rings is 1. The molecule has 1 aliphatic carbocycles. The summed E-state index contributed by atoms with van der Waals surface area (Å²) in [6.45, 7) is 7.05. The van der Waals surface area contributed by atoms with E-state index in [1.807, 2.05) is 23.6 Å². The average Bonchev–Trinajstić information content (AvgIpc) is 3.27. The lowest BCUT2D eigenvalue weighted by atomic mass is 9.97. The predicted octanol–water partition coefficient (Wildman–Crippen LogP) is 1.36. The van der Waals surface area contributed by atoms with Crippen molar-refractivity contribution in [3.63, 3.8) is 0 Å². The standard InChI is InChI=1S/C16H29N3O2/c1-11(2)15(17)16(21)18-9-5-4-6-14(18)10-19(12(3)20)13-7-8-13/h11,13-15H,4-10,17H2,1-3H3/t14-,15-/m0/s1. The van der Waals surface area contributed by atoms with Crippen molar-refractivity contribution in [3.05, 3.63) is 0 Å². The zero-order chi connectivity index (χ0) is 15.6. The van der Waals surface area contributed by atoms with Crippen LogP contribution in [0.3, 0.4) is 0 Å². The van der Waals surface area contributed by atoms with E-state index in [4.69, 9.17) is 5.73 Å². The van der Waals surface area contributed by atoms with Crippen LogP contribution in [-0.4, -0.2) is 52.8 Å². The Morgan fingerprint density at radius 2 is 1.90 bits per heavy atom. The van der Waals surface area contributed by atoms with Gasteiger partial charge in [0.25, 0.3) is 0 Å². The van der Waals surface area contributed by atoms with Crippen LogP contribution in [0.4, 0.5) is 0 Å². The summed E-state index contributed by atoms with van der Waals surface area (Å²) in [5.74, 6) is 0.324. The SMILES string of the molecule is CC(=O)N(C[C@@H]1CCCCN1C(=O)[C@@H](N)C(C)C)C1CC1. The second kappa shape index (κ2) is 6.77. The third kappa shape index (κ3) is 3.96. The van der Waals surface area contributed by atoms with Crippen LogP contribution in [0.1, 0.15) is 52.9 Å². The van der Waals surface area contributed by atoms with E-state index < -0.39 is 6.04 Å². The minimum absolute atomic E-state index is 0.0500. The number of rotatable bonds is 5. The highest BCUT2D eigenvalue weighted by molar-refractivity contribution is 5.82. The van der Waals surface area contributed by atoms with E-state index in [0.29, 0.717) is 12.6 Å². The minimum atomic E-state index is -0.433. The van der Waals surface area contributed by atoms with Crippen LogP contribution in [0.15, 0.2) is 0 Å². The second-order valence-electron chi connectivity index (χ2n) is 6.85. The Morgan fingerprint density at radius 1 is 1.24 bits per heavy atom. The average molecular weight is 295 g/mol. The lowest BCUT2D eigenvalue weighted by molar-refractivity contribution is -0.140. The largest absolute Gasteiger partial charge is 0.338 e. The zero-order valence-corrected chi connectivity index (χ0v) is 13.5. The smallest absolute Gasteiger partial charge is 0.240 e. The molecular weight excluding hydrogens is 266 g/mol. The third-order valence-electron chi connectivity index (χ3n) is 4.71. The molecule has 2 aliphatic rings. The summed E-state index contributed by atoms with van der Waals surface area (Å²) in [4.78, 5) is 28.3. The molecule has 1 heterocycles. The maximum absolute atomic E-state index is 12.6. The Kier molecular flexibility index (Phi) is 5.25. The summed E-state index contributed by atoms with van der Waals surface area (Å²) < 4.78 is 0. The molecule has 120 valence electrons. The van der Waals surface area contributed by atoms with Crippen LogP contribution >= 0.6 is 0 Å². The monoisotopic (exact) mass is 295 g/mol. The molecule has 5 heteroatoms. The summed E-state index contributed by atoms with van der Waals surface area (Å²) in [5, 5.41) is 0. The number of hydrogen-bond acceptors (Lipinski definition) is 3. The molecule has 2 amide bonds. The van der Waals surface area contributed by atoms with Crippen molar-refractivity contribution in [1.82, 2.24) is 9.80 Å². The first-order valence-corrected chi connectivity index (χ1v) is 8.25. The van der Waals surface area contributed by atoms with Crippen molar-refractivity contribution in [3.8, 4) is 0 Å². The van der Waals surface area contributed by atoms with Gasteiger partial charge in [0, 0.05) is 32.1 Å². The number of amides is 2. The molecule has 1 saturated carbocycles. The van der Waals surface area contributed by atoms with Crippen LogP contribution in [0.2, 0.25) is 0 Å². The predicted molar refractivity (Wildman–Crippen MR) is 82.6 cm³/mol. The lowest BCUT2D eigenvalue weighted by Crippen LogP contribution is -2.56. The topological polar surface area (TPSA) is 66.6 Å². The Hall–Kier alpha value is -1.10. The van der Waals surface area contributed by atoms with Gasteiger partial charge in [-0.2, -0.15) is 0 Å². The fraction of sp³-hybridized carbons (Fsp3) is 0.875. The molecule has 0 aromatic rings. The van der Waals surface area contributed by atoms with E-state index in [-0.39, 0.29) is 23.8 Å². The normalized spacial score (nSPS) is 24.0. The van der Waals surface area contributed by atoms with Crippen molar-refractivity contribution in [2.24, 2.45) is 11.7 Å². The highest BCUT2D eigenvalue weighted by Crippen LogP contribution is 2.29. The van der Waals surface area contributed by atoms with Gasteiger partial charge >= 0.3 is 0 Å². The Bertz CT molecular complexity index is 393. The molecule has 5 nitrogen and oxygen atoms in total. The summed E-state index contributed by atoms with van der Waals surface area (Å²) in [6.07, 6.45) is 5.35. The lowest BCUT2D eigenvalue weighted by Gasteiger charge is -2.40. The molecule has 2 N–H and O–H groups in total. The molecule has 0 aromatic carbocycles. The third-order valence-corrected chi connectivity index (χ3v) is 4.71. The van der Waals surface area contributed by atoms with Crippen molar-refractivity contribution in [2.45, 2.75) is 71.0 Å². The Morgan fingerprint density at radius 3 is 2.43 bits per heavy atom. The van der Waals surface area contributed by atoms with Crippen LogP contribution < -0.4 is 5.73 Å². The number of likely N-dealkylation sites (tertiary alicyclic amines) is 1. The first-order valence-electron chi connectivity index (χ1n) is 8.25. The van der Waals surface area contributed by atoms with Crippen molar-refractivity contribution in [2.75, 3.05) is 13.1 Å². The first kappa shape index (κ1) is 16.3. The van der Waals surface area contributed by atoms with E-state index in [9.17, 15) is 9.59 Å². The summed E-state index contributed by atoms with van der Waals surface area (Å²) >= 11 is 0. The molecule has 0 radical (unpaired) electrons. The number of carbonyl (C=O) groups excluding carboxylic acids is 2. The molecule has 2 fully saturated rings. The van der Waals surface area contributed by atoms with Gasteiger partial charge < -0.3 is 15.5 Å². The molecule has 21 heavy (non-hydrogen) atoms. The van der Waals surface area contributed by atoms with Crippen molar-refractivity contribution >= 4 is 11.8 Å². The molecule has 0 spiro atoms. The summed E-state index contributed by atoms with van der Waals surface area (Å²) in [6, 6.07) is 0.109. The van der Waals surface area contributed by atoms with Gasteiger partial charge in [-0.1, -0.05) is 13.8 Å². The van der Waals surface area contributed by atoms with Gasteiger partial charge in [-0.15, -0.1) is 0 Å². The first-order chi connectivity index (χ1) is 9.91. The number of nitrogens with zero attached hydrogens (tertiary/aromatic N) is 2. The molecule has 0 bridgehead atoms. The zero-order valence-electron chi connectivity index (χ0n) is 13.5. The highest BCUT2D eigenvalue weighted by atomic mass is 16.2.